The average Bonchev–Trinajstić information content (AvgIpc) is 2.76. The molecule has 0 bridgehead atoms. The molecule has 2 rings (SSSR count). The average molecular weight is 321 g/mol. The molecule has 1 atom stereocenters. The fraction of sp³-hybridized carbons (Fsp3) is 0.684. The van der Waals surface area contributed by atoms with Crippen LogP contribution in [-0.2, 0) is 4.74 Å². The molecule has 0 unspecified atom stereocenters. The number of nitrogens with zero attached hydrogens (tertiary/aromatic N) is 1. The van der Waals surface area contributed by atoms with E-state index in [1.54, 1.807) is 0 Å². The summed E-state index contributed by atoms with van der Waals surface area (Å²) in [5.74, 6) is 0.787. The van der Waals surface area contributed by atoms with Gasteiger partial charge in [0.25, 0.3) is 0 Å². The Labute approximate surface area is 140 Å². The van der Waals surface area contributed by atoms with E-state index in [1.807, 2.05) is 30.3 Å². The molecule has 1 aliphatic rings. The van der Waals surface area contributed by atoms with Crippen molar-refractivity contribution in [2.24, 2.45) is 0 Å². The van der Waals surface area contributed by atoms with Crippen LogP contribution >= 0.6 is 0 Å². The van der Waals surface area contributed by atoms with Crippen molar-refractivity contribution in [3.63, 3.8) is 0 Å². The lowest BCUT2D eigenvalue weighted by Crippen LogP contribution is -2.51. The topological polar surface area (TPSA) is 41.9 Å². The third-order valence-electron chi connectivity index (χ3n) is 4.40. The summed E-state index contributed by atoms with van der Waals surface area (Å²) in [6.45, 7) is 7.23. The fourth-order valence-electron chi connectivity index (χ4n) is 3.26. The molecule has 0 saturated carbocycles. The second kappa shape index (κ2) is 9.26. The highest BCUT2D eigenvalue weighted by molar-refractivity contribution is 5.21. The summed E-state index contributed by atoms with van der Waals surface area (Å²) in [4.78, 5) is 2.40. The van der Waals surface area contributed by atoms with Gasteiger partial charge in [-0.2, -0.15) is 0 Å². The first kappa shape index (κ1) is 18.2. The van der Waals surface area contributed by atoms with Crippen LogP contribution in [0.2, 0.25) is 0 Å². The minimum atomic E-state index is -0.952. The van der Waals surface area contributed by atoms with Crippen molar-refractivity contribution >= 4 is 0 Å². The number of ether oxygens (including phenoxy) is 2. The lowest BCUT2D eigenvalue weighted by atomic mass is 10.0. The van der Waals surface area contributed by atoms with Gasteiger partial charge in [-0.05, 0) is 25.0 Å². The Morgan fingerprint density at radius 2 is 1.91 bits per heavy atom. The molecule has 1 N–H and O–H groups in total. The minimum Gasteiger partial charge on any atom is -0.490 e. The van der Waals surface area contributed by atoms with Gasteiger partial charge in [-0.3, -0.25) is 4.90 Å². The number of hydrogen-bond acceptors (Lipinski definition) is 4. The maximum Gasteiger partial charge on any atom is 0.134 e. The van der Waals surface area contributed by atoms with Crippen LogP contribution in [0.5, 0.6) is 5.75 Å². The van der Waals surface area contributed by atoms with E-state index in [4.69, 9.17) is 9.47 Å². The van der Waals surface area contributed by atoms with Gasteiger partial charge in [-0.15, -0.1) is 0 Å². The van der Waals surface area contributed by atoms with Crippen LogP contribution in [0.15, 0.2) is 30.3 Å². The fourth-order valence-corrected chi connectivity index (χ4v) is 3.26. The normalized spacial score (nSPS) is 23.0. The van der Waals surface area contributed by atoms with Crippen LogP contribution in [-0.4, -0.2) is 54.6 Å². The van der Waals surface area contributed by atoms with E-state index in [1.165, 1.54) is 25.7 Å². The highest BCUT2D eigenvalue weighted by Crippen LogP contribution is 2.21. The molecule has 4 nitrogen and oxygen atoms in total. The molecule has 1 saturated heterocycles. The molecule has 1 aliphatic heterocycles. The summed E-state index contributed by atoms with van der Waals surface area (Å²) in [7, 11) is 0. The van der Waals surface area contributed by atoms with Crippen molar-refractivity contribution < 1.29 is 14.6 Å². The lowest BCUT2D eigenvalue weighted by Gasteiger charge is -2.35. The molecular weight excluding hydrogens is 290 g/mol. The number of hydrogen-bond donors (Lipinski definition) is 1. The Balaban J connectivity index is 1.98. The van der Waals surface area contributed by atoms with Crippen LogP contribution in [0.25, 0.3) is 0 Å². The maximum atomic E-state index is 11.0. The minimum absolute atomic E-state index is 0.262. The van der Waals surface area contributed by atoms with Gasteiger partial charge in [0, 0.05) is 19.1 Å². The third kappa shape index (κ3) is 5.79. The molecule has 0 spiro atoms. The van der Waals surface area contributed by atoms with Gasteiger partial charge < -0.3 is 14.6 Å². The first-order valence-corrected chi connectivity index (χ1v) is 8.89. The van der Waals surface area contributed by atoms with E-state index >= 15 is 0 Å². The number of para-hydroxylation sites is 1. The molecule has 1 heterocycles. The van der Waals surface area contributed by atoms with E-state index in [9.17, 15) is 5.11 Å². The lowest BCUT2D eigenvalue weighted by molar-refractivity contribution is -0.0676. The van der Waals surface area contributed by atoms with Gasteiger partial charge in [0.05, 0.1) is 13.2 Å². The van der Waals surface area contributed by atoms with Gasteiger partial charge in [-0.1, -0.05) is 44.9 Å². The van der Waals surface area contributed by atoms with Crippen molar-refractivity contribution in [1.29, 1.82) is 0 Å². The molecule has 0 aliphatic carbocycles. The van der Waals surface area contributed by atoms with Gasteiger partial charge in [0.1, 0.15) is 18.0 Å². The first-order valence-electron chi connectivity index (χ1n) is 8.89. The highest BCUT2D eigenvalue weighted by atomic mass is 16.5. The zero-order chi connectivity index (χ0) is 16.5. The predicted molar refractivity (Wildman–Crippen MR) is 92.9 cm³/mol. The molecule has 23 heavy (non-hydrogen) atoms. The largest absolute Gasteiger partial charge is 0.490 e. The molecule has 1 aromatic carbocycles. The Morgan fingerprint density at radius 1 is 1.22 bits per heavy atom. The zero-order valence-electron chi connectivity index (χ0n) is 14.5. The Hall–Kier alpha value is -1.10. The van der Waals surface area contributed by atoms with Crippen molar-refractivity contribution in [3.8, 4) is 5.75 Å². The van der Waals surface area contributed by atoms with Crippen LogP contribution in [0.1, 0.15) is 39.5 Å². The summed E-state index contributed by atoms with van der Waals surface area (Å²) in [6, 6.07) is 10.2. The second-order valence-electron chi connectivity index (χ2n) is 6.58. The van der Waals surface area contributed by atoms with Crippen LogP contribution < -0.4 is 4.74 Å². The van der Waals surface area contributed by atoms with Crippen molar-refractivity contribution in [1.82, 2.24) is 4.90 Å². The van der Waals surface area contributed by atoms with Crippen molar-refractivity contribution in [2.45, 2.75) is 51.2 Å². The number of aliphatic hydroxyl groups is 1. The molecular formula is C19H31NO3. The smallest absolute Gasteiger partial charge is 0.134 e. The highest BCUT2D eigenvalue weighted by Gasteiger charge is 2.35. The van der Waals surface area contributed by atoms with E-state index < -0.39 is 5.60 Å². The number of rotatable bonds is 8. The van der Waals surface area contributed by atoms with Gasteiger partial charge in [0.2, 0.25) is 0 Å². The van der Waals surface area contributed by atoms with Gasteiger partial charge in [-0.25, -0.2) is 0 Å². The summed E-state index contributed by atoms with van der Waals surface area (Å²) in [5.41, 5.74) is -0.952. The predicted octanol–water partition coefficient (Wildman–Crippen LogP) is 3.10. The van der Waals surface area contributed by atoms with Crippen LogP contribution in [0.3, 0.4) is 0 Å². The monoisotopic (exact) mass is 321 g/mol. The third-order valence-corrected chi connectivity index (χ3v) is 4.40. The Kier molecular flexibility index (Phi) is 7.34. The van der Waals surface area contributed by atoms with E-state index in [0.717, 1.165) is 12.3 Å². The Morgan fingerprint density at radius 3 is 2.57 bits per heavy atom. The maximum absolute atomic E-state index is 11.0. The van der Waals surface area contributed by atoms with E-state index in [-0.39, 0.29) is 6.61 Å². The molecule has 0 amide bonds. The Bertz CT molecular complexity index is 434. The van der Waals surface area contributed by atoms with Crippen molar-refractivity contribution in [2.75, 3.05) is 32.9 Å². The van der Waals surface area contributed by atoms with E-state index in [0.29, 0.717) is 25.8 Å². The van der Waals surface area contributed by atoms with Gasteiger partial charge in [0.15, 0.2) is 0 Å². The van der Waals surface area contributed by atoms with Crippen LogP contribution in [0.4, 0.5) is 0 Å². The molecule has 0 aromatic heterocycles. The molecule has 1 fully saturated rings. The summed E-state index contributed by atoms with van der Waals surface area (Å²) in [5, 5.41) is 11.0. The quantitative estimate of drug-likeness (QED) is 0.799. The molecule has 0 radical (unpaired) electrons. The summed E-state index contributed by atoms with van der Waals surface area (Å²) in [6.07, 6.45) is 4.68. The number of benzene rings is 1. The van der Waals surface area contributed by atoms with Crippen LogP contribution in [0, 0.1) is 0 Å². The zero-order valence-corrected chi connectivity index (χ0v) is 14.5. The van der Waals surface area contributed by atoms with E-state index in [2.05, 4.69) is 18.7 Å². The van der Waals surface area contributed by atoms with Gasteiger partial charge >= 0.3 is 0 Å². The SMILES string of the molecule is CCCC(CCC)N1CCOC[C@](O)(COc2ccccc2)C1. The van der Waals surface area contributed by atoms with Crippen molar-refractivity contribution in [3.05, 3.63) is 30.3 Å². The standard InChI is InChI=1S/C19H31NO3/c1-3-8-17(9-4-2)20-12-13-22-15-19(21,14-20)16-23-18-10-6-5-7-11-18/h5-7,10-11,17,21H,3-4,8-9,12-16H2,1-2H3/t19-/m0/s1. The number of β-amino-alcohol motifs (C(OH)–C–C–N with tert-alkyl or cyclic N) is 1. The molecule has 1 aromatic rings. The second-order valence-corrected chi connectivity index (χ2v) is 6.58. The summed E-state index contributed by atoms with van der Waals surface area (Å²) < 4.78 is 11.5. The molecule has 130 valence electrons. The molecule has 4 heteroatoms. The summed E-state index contributed by atoms with van der Waals surface area (Å²) >= 11 is 0. The first-order chi connectivity index (χ1) is 11.2.